The lowest BCUT2D eigenvalue weighted by atomic mass is 10.1. The summed E-state index contributed by atoms with van der Waals surface area (Å²) in [6, 6.07) is 7.94. The molecule has 3 aromatic heterocycles. The van der Waals surface area contributed by atoms with Crippen LogP contribution in [-0.2, 0) is 11.2 Å². The number of nitrogens with zero attached hydrogens (tertiary/aromatic N) is 3. The monoisotopic (exact) mass is 353 g/mol. The van der Waals surface area contributed by atoms with Gasteiger partial charge >= 0.3 is 6.01 Å². The van der Waals surface area contributed by atoms with Crippen LogP contribution in [0.25, 0.3) is 21.7 Å². The van der Waals surface area contributed by atoms with Crippen LogP contribution in [-0.4, -0.2) is 26.1 Å². The Bertz CT molecular complexity index is 1060. The second-order valence-corrected chi connectivity index (χ2v) is 6.85. The van der Waals surface area contributed by atoms with Gasteiger partial charge in [0, 0.05) is 17.1 Å². The lowest BCUT2D eigenvalue weighted by Gasteiger charge is -1.99. The van der Waals surface area contributed by atoms with Gasteiger partial charge in [0.2, 0.25) is 5.91 Å². The van der Waals surface area contributed by atoms with Crippen LogP contribution in [0.2, 0.25) is 0 Å². The second-order valence-electron chi connectivity index (χ2n) is 5.64. The van der Waals surface area contributed by atoms with E-state index >= 15 is 0 Å². The molecule has 0 atom stereocenters. The van der Waals surface area contributed by atoms with Gasteiger partial charge in [0.05, 0.1) is 17.1 Å². The minimum absolute atomic E-state index is 0.0882. The highest BCUT2D eigenvalue weighted by Gasteiger charge is 2.17. The number of anilines is 1. The minimum atomic E-state index is -0.211. The van der Waals surface area contributed by atoms with Crippen LogP contribution in [0.1, 0.15) is 16.3 Å². The maximum Gasteiger partial charge on any atom is 0.322 e. The largest absolute Gasteiger partial charge is 0.402 e. The molecule has 0 aliphatic heterocycles. The van der Waals surface area contributed by atoms with Gasteiger partial charge in [-0.15, -0.1) is 16.4 Å². The van der Waals surface area contributed by atoms with Crippen LogP contribution in [0.4, 0.5) is 6.01 Å². The van der Waals surface area contributed by atoms with E-state index in [1.165, 1.54) is 11.3 Å². The summed E-state index contributed by atoms with van der Waals surface area (Å²) in [6.45, 7) is 3.81. The smallest absolute Gasteiger partial charge is 0.322 e. The van der Waals surface area contributed by atoms with E-state index in [0.29, 0.717) is 5.89 Å². The molecule has 25 heavy (non-hydrogen) atoms. The van der Waals surface area contributed by atoms with Gasteiger partial charge in [-0.2, -0.15) is 0 Å². The van der Waals surface area contributed by atoms with Crippen LogP contribution in [0.3, 0.4) is 0 Å². The third kappa shape index (κ3) is 3.03. The summed E-state index contributed by atoms with van der Waals surface area (Å²) >= 11 is 1.48. The predicted octanol–water partition coefficient (Wildman–Crippen LogP) is 3.47. The van der Waals surface area contributed by atoms with Crippen molar-refractivity contribution in [3.8, 4) is 10.8 Å². The third-order valence-corrected chi connectivity index (χ3v) is 4.86. The molecule has 4 aromatic rings. The molecule has 0 spiro atoms. The summed E-state index contributed by atoms with van der Waals surface area (Å²) in [5.74, 6) is 0.155. The molecule has 8 heteroatoms. The van der Waals surface area contributed by atoms with Gasteiger partial charge in [0.1, 0.15) is 4.88 Å². The van der Waals surface area contributed by atoms with Crippen molar-refractivity contribution in [2.75, 3.05) is 5.32 Å². The molecule has 3 heterocycles. The molecule has 126 valence electrons. The fraction of sp³-hybridized carbons (Fsp3) is 0.176. The zero-order chi connectivity index (χ0) is 17.4. The number of rotatable bonds is 4. The number of benzene rings is 1. The Hall–Kier alpha value is -3.00. The quantitative estimate of drug-likeness (QED) is 0.585. The molecule has 0 radical (unpaired) electrons. The Kier molecular flexibility index (Phi) is 3.81. The van der Waals surface area contributed by atoms with Crippen molar-refractivity contribution in [1.29, 1.82) is 0 Å². The number of thiazole rings is 1. The maximum atomic E-state index is 12.3. The molecule has 0 saturated carbocycles. The number of hydrogen-bond acceptors (Lipinski definition) is 6. The Morgan fingerprint density at radius 3 is 2.92 bits per heavy atom. The molecular weight excluding hydrogens is 338 g/mol. The first-order chi connectivity index (χ1) is 12.1. The average molecular weight is 353 g/mol. The highest BCUT2D eigenvalue weighted by Crippen LogP contribution is 2.29. The molecular formula is C17H15N5O2S. The normalized spacial score (nSPS) is 11.1. The summed E-state index contributed by atoms with van der Waals surface area (Å²) in [5, 5.41) is 12.5. The number of para-hydroxylation sites is 1. The Labute approximate surface area is 147 Å². The summed E-state index contributed by atoms with van der Waals surface area (Å²) in [7, 11) is 0. The molecule has 0 bridgehead atoms. The van der Waals surface area contributed by atoms with E-state index in [1.807, 2.05) is 44.3 Å². The number of H-pyrrole nitrogens is 1. The van der Waals surface area contributed by atoms with Crippen LogP contribution in [0, 0.1) is 13.8 Å². The van der Waals surface area contributed by atoms with Gasteiger partial charge in [-0.25, -0.2) is 4.98 Å². The maximum absolute atomic E-state index is 12.3. The lowest BCUT2D eigenvalue weighted by molar-refractivity contribution is -0.115. The molecule has 0 saturated heterocycles. The number of nitrogens with one attached hydrogen (secondary N) is 2. The van der Waals surface area contributed by atoms with E-state index in [9.17, 15) is 4.79 Å². The van der Waals surface area contributed by atoms with Crippen LogP contribution in [0.5, 0.6) is 0 Å². The Morgan fingerprint density at radius 2 is 2.12 bits per heavy atom. The average Bonchev–Trinajstić information content (AvgIpc) is 3.27. The number of hydrogen-bond donors (Lipinski definition) is 2. The predicted molar refractivity (Wildman–Crippen MR) is 95.5 cm³/mol. The third-order valence-electron chi connectivity index (χ3n) is 3.80. The molecule has 0 aliphatic rings. The molecule has 0 fully saturated rings. The topological polar surface area (TPSA) is 96.7 Å². The number of aryl methyl sites for hydroxylation is 2. The van der Waals surface area contributed by atoms with Crippen molar-refractivity contribution >= 4 is 34.2 Å². The zero-order valence-electron chi connectivity index (χ0n) is 13.7. The van der Waals surface area contributed by atoms with Gasteiger partial charge in [0.25, 0.3) is 5.89 Å². The second kappa shape index (κ2) is 6.14. The first kappa shape index (κ1) is 15.5. The molecule has 1 amide bonds. The van der Waals surface area contributed by atoms with Crippen molar-refractivity contribution in [3.63, 3.8) is 0 Å². The first-order valence-electron chi connectivity index (χ1n) is 7.73. The van der Waals surface area contributed by atoms with Gasteiger partial charge in [0.15, 0.2) is 0 Å². The zero-order valence-corrected chi connectivity index (χ0v) is 14.5. The summed E-state index contributed by atoms with van der Waals surface area (Å²) < 4.78 is 5.55. The van der Waals surface area contributed by atoms with E-state index in [0.717, 1.165) is 32.0 Å². The van der Waals surface area contributed by atoms with E-state index in [-0.39, 0.29) is 18.3 Å². The number of amides is 1. The van der Waals surface area contributed by atoms with Crippen LogP contribution >= 0.6 is 11.3 Å². The van der Waals surface area contributed by atoms with Gasteiger partial charge in [-0.05, 0) is 25.5 Å². The fourth-order valence-corrected chi connectivity index (χ4v) is 3.55. The van der Waals surface area contributed by atoms with E-state index in [1.54, 1.807) is 0 Å². The Morgan fingerprint density at radius 1 is 1.28 bits per heavy atom. The lowest BCUT2D eigenvalue weighted by Crippen LogP contribution is -2.14. The van der Waals surface area contributed by atoms with E-state index in [2.05, 4.69) is 25.5 Å². The summed E-state index contributed by atoms with van der Waals surface area (Å²) in [4.78, 5) is 20.6. The van der Waals surface area contributed by atoms with Crippen LogP contribution < -0.4 is 5.32 Å². The van der Waals surface area contributed by atoms with E-state index < -0.39 is 0 Å². The van der Waals surface area contributed by atoms with Crippen molar-refractivity contribution in [1.82, 2.24) is 20.2 Å². The molecule has 0 unspecified atom stereocenters. The van der Waals surface area contributed by atoms with Gasteiger partial charge in [-0.1, -0.05) is 23.3 Å². The minimum Gasteiger partial charge on any atom is -0.402 e. The summed E-state index contributed by atoms with van der Waals surface area (Å²) in [5.41, 5.74) is 2.76. The van der Waals surface area contributed by atoms with Gasteiger partial charge in [-0.3, -0.25) is 10.1 Å². The molecule has 7 nitrogen and oxygen atoms in total. The fourth-order valence-electron chi connectivity index (χ4n) is 2.71. The highest BCUT2D eigenvalue weighted by molar-refractivity contribution is 7.15. The molecule has 2 N–H and O–H groups in total. The Balaban J connectivity index is 1.49. The summed E-state index contributed by atoms with van der Waals surface area (Å²) in [6.07, 6.45) is 2.06. The highest BCUT2D eigenvalue weighted by atomic mass is 32.1. The number of aromatic nitrogens is 4. The molecule has 1 aromatic carbocycles. The number of aromatic amines is 1. The number of carbonyl (C=O) groups is 1. The standard InChI is InChI=1S/C17H15N5O2S/c1-9-15(25-10(2)19-9)16-21-22-17(24-16)20-14(23)7-11-8-18-13-6-4-3-5-12(11)13/h3-6,8,18H,7H2,1-2H3,(H,20,22,23). The van der Waals surface area contributed by atoms with Crippen molar-refractivity contribution < 1.29 is 9.21 Å². The molecule has 4 rings (SSSR count). The number of fused-ring (bicyclic) bond motifs is 1. The van der Waals surface area contributed by atoms with Crippen molar-refractivity contribution in [2.45, 2.75) is 20.3 Å². The van der Waals surface area contributed by atoms with Crippen molar-refractivity contribution in [3.05, 3.63) is 46.7 Å². The number of carbonyl (C=O) groups excluding carboxylic acids is 1. The first-order valence-corrected chi connectivity index (χ1v) is 8.54. The molecule has 0 aliphatic carbocycles. The van der Waals surface area contributed by atoms with Gasteiger partial charge < -0.3 is 9.40 Å². The van der Waals surface area contributed by atoms with Crippen molar-refractivity contribution in [2.24, 2.45) is 0 Å². The van der Waals surface area contributed by atoms with Crippen LogP contribution in [0.15, 0.2) is 34.9 Å². The SMILES string of the molecule is Cc1nc(C)c(-c2nnc(NC(=O)Cc3c[nH]c4ccccc34)o2)s1. The van der Waals surface area contributed by atoms with E-state index in [4.69, 9.17) is 4.42 Å².